The molecule has 1 rings (SSSR count). The minimum absolute atomic E-state index is 0.00481. The zero-order valence-electron chi connectivity index (χ0n) is 6.98. The van der Waals surface area contributed by atoms with Gasteiger partial charge in [0.15, 0.2) is 0 Å². The number of carboxylic acids is 1. The van der Waals surface area contributed by atoms with E-state index in [-0.39, 0.29) is 13.1 Å². The van der Waals surface area contributed by atoms with Gasteiger partial charge in [0.05, 0.1) is 18.7 Å². The lowest BCUT2D eigenvalue weighted by atomic mass is 9.96. The number of carbonyl (C=O) groups excluding carboxylic acids is 2. The van der Waals surface area contributed by atoms with E-state index >= 15 is 0 Å². The number of likely N-dealkylation sites (tertiary alicyclic amines) is 1. The van der Waals surface area contributed by atoms with Crippen molar-refractivity contribution in [3.05, 3.63) is 0 Å². The Morgan fingerprint density at radius 1 is 1.31 bits per heavy atom. The van der Waals surface area contributed by atoms with E-state index in [1.54, 1.807) is 0 Å². The largest absolute Gasteiger partial charge is 0.475 e. The quantitative estimate of drug-likeness (QED) is 0.394. The predicted molar refractivity (Wildman–Crippen MR) is 39.8 cm³/mol. The second-order valence-corrected chi connectivity index (χ2v) is 3.29. The Balaban J connectivity index is 2.53. The van der Waals surface area contributed by atoms with Crippen LogP contribution >= 0.6 is 0 Å². The molecule has 6 nitrogen and oxygen atoms in total. The first-order valence-corrected chi connectivity index (χ1v) is 3.62. The normalized spacial score (nSPS) is 19.1. The van der Waals surface area contributed by atoms with Crippen molar-refractivity contribution in [3.63, 3.8) is 0 Å². The molecule has 2 N–H and O–H groups in total. The third-order valence-corrected chi connectivity index (χ3v) is 1.74. The average molecular weight is 187 g/mol. The third kappa shape index (κ3) is 1.83. The summed E-state index contributed by atoms with van der Waals surface area (Å²) >= 11 is 0. The van der Waals surface area contributed by atoms with Crippen LogP contribution in [0.3, 0.4) is 0 Å². The van der Waals surface area contributed by atoms with Crippen molar-refractivity contribution >= 4 is 17.7 Å². The average Bonchev–Trinajstić information content (AvgIpc) is 1.97. The molecular formula is C7H9NO5. The maximum Gasteiger partial charge on any atom is 0.382 e. The van der Waals surface area contributed by atoms with Crippen molar-refractivity contribution in [1.82, 2.24) is 4.90 Å². The van der Waals surface area contributed by atoms with Crippen LogP contribution in [0.25, 0.3) is 0 Å². The van der Waals surface area contributed by atoms with E-state index in [4.69, 9.17) is 5.11 Å². The highest BCUT2D eigenvalue weighted by atomic mass is 16.4. The molecule has 1 fully saturated rings. The molecule has 1 amide bonds. The fraction of sp³-hybridized carbons (Fsp3) is 0.571. The summed E-state index contributed by atoms with van der Waals surface area (Å²) in [4.78, 5) is 32.6. The molecule has 6 heteroatoms. The van der Waals surface area contributed by atoms with Gasteiger partial charge in [-0.15, -0.1) is 0 Å². The van der Waals surface area contributed by atoms with Gasteiger partial charge in [0.25, 0.3) is 0 Å². The minimum atomic E-state index is -1.77. The molecule has 0 aliphatic carbocycles. The van der Waals surface area contributed by atoms with Crippen LogP contribution in [0, 0.1) is 0 Å². The van der Waals surface area contributed by atoms with Crippen LogP contribution in [0.15, 0.2) is 0 Å². The summed E-state index contributed by atoms with van der Waals surface area (Å²) in [7, 11) is 0. The standard InChI is InChI=1S/C7H9NO5/c1-7(13)2-8(3-7)5(10)4(9)6(11)12/h13H,2-3H2,1H3,(H,11,12). The molecule has 0 aromatic heterocycles. The van der Waals surface area contributed by atoms with Gasteiger partial charge >= 0.3 is 17.7 Å². The first-order valence-electron chi connectivity index (χ1n) is 3.62. The van der Waals surface area contributed by atoms with Gasteiger partial charge in [0, 0.05) is 0 Å². The fourth-order valence-electron chi connectivity index (χ4n) is 1.15. The van der Waals surface area contributed by atoms with E-state index in [9.17, 15) is 19.5 Å². The Morgan fingerprint density at radius 3 is 2.08 bits per heavy atom. The first-order chi connectivity index (χ1) is 5.83. The maximum absolute atomic E-state index is 10.9. The van der Waals surface area contributed by atoms with Crippen LogP contribution in [-0.2, 0) is 14.4 Å². The number of carbonyl (C=O) groups is 3. The van der Waals surface area contributed by atoms with Gasteiger partial charge in [0.2, 0.25) is 0 Å². The molecular weight excluding hydrogens is 178 g/mol. The highest BCUT2D eigenvalue weighted by Gasteiger charge is 2.42. The SMILES string of the molecule is CC1(O)CN(C(=O)C(=O)C(=O)O)C1. The molecule has 0 bridgehead atoms. The predicted octanol–water partition coefficient (Wildman–Crippen LogP) is -1.77. The Bertz CT molecular complexity index is 275. The second kappa shape index (κ2) is 2.81. The zero-order valence-corrected chi connectivity index (χ0v) is 6.98. The maximum atomic E-state index is 10.9. The summed E-state index contributed by atoms with van der Waals surface area (Å²) in [5.41, 5.74) is -0.992. The van der Waals surface area contributed by atoms with Gasteiger partial charge in [-0.2, -0.15) is 0 Å². The van der Waals surface area contributed by atoms with E-state index in [0.29, 0.717) is 0 Å². The van der Waals surface area contributed by atoms with E-state index in [2.05, 4.69) is 0 Å². The van der Waals surface area contributed by atoms with E-state index in [1.807, 2.05) is 0 Å². The van der Waals surface area contributed by atoms with E-state index in [0.717, 1.165) is 4.90 Å². The zero-order chi connectivity index (χ0) is 10.2. The highest BCUT2D eigenvalue weighted by Crippen LogP contribution is 2.19. The number of hydrogen-bond donors (Lipinski definition) is 2. The molecule has 1 aliphatic heterocycles. The number of Topliss-reactive ketones (excluding diaryl/α,β-unsaturated/α-hetero) is 1. The Morgan fingerprint density at radius 2 is 1.77 bits per heavy atom. The van der Waals surface area contributed by atoms with Crippen LogP contribution in [0.5, 0.6) is 0 Å². The molecule has 1 saturated heterocycles. The number of aliphatic hydroxyl groups is 1. The highest BCUT2D eigenvalue weighted by molar-refractivity contribution is 6.61. The van der Waals surface area contributed by atoms with Crippen molar-refractivity contribution in [3.8, 4) is 0 Å². The van der Waals surface area contributed by atoms with Gasteiger partial charge < -0.3 is 15.1 Å². The lowest BCUT2D eigenvalue weighted by Gasteiger charge is -2.43. The number of carboxylic acid groups (broad SMARTS) is 1. The van der Waals surface area contributed by atoms with Crippen LogP contribution in [0.4, 0.5) is 0 Å². The summed E-state index contributed by atoms with van der Waals surface area (Å²) in [6.07, 6.45) is 0. The monoisotopic (exact) mass is 187 g/mol. The third-order valence-electron chi connectivity index (χ3n) is 1.74. The number of rotatable bonds is 2. The van der Waals surface area contributed by atoms with Crippen molar-refractivity contribution < 1.29 is 24.6 Å². The lowest BCUT2D eigenvalue weighted by Crippen LogP contribution is -2.63. The topological polar surface area (TPSA) is 94.9 Å². The van der Waals surface area contributed by atoms with Crippen LogP contribution in [0.1, 0.15) is 6.92 Å². The Labute approximate surface area is 73.8 Å². The summed E-state index contributed by atoms with van der Waals surface area (Å²) in [6.45, 7) is 1.51. The molecule has 72 valence electrons. The van der Waals surface area contributed by atoms with Gasteiger partial charge in [-0.3, -0.25) is 9.59 Å². The molecule has 13 heavy (non-hydrogen) atoms. The second-order valence-electron chi connectivity index (χ2n) is 3.29. The first kappa shape index (κ1) is 9.66. The van der Waals surface area contributed by atoms with Gasteiger partial charge in [0.1, 0.15) is 0 Å². The number of aliphatic carboxylic acids is 1. The van der Waals surface area contributed by atoms with Crippen LogP contribution in [-0.4, -0.2) is 51.5 Å². The fourth-order valence-corrected chi connectivity index (χ4v) is 1.15. The lowest BCUT2D eigenvalue weighted by molar-refractivity contribution is -0.165. The summed E-state index contributed by atoms with van der Waals surface area (Å²) < 4.78 is 0. The van der Waals surface area contributed by atoms with Crippen molar-refractivity contribution in [2.75, 3.05) is 13.1 Å². The Hall–Kier alpha value is -1.43. The summed E-state index contributed by atoms with van der Waals surface area (Å²) in [5.74, 6) is -4.30. The van der Waals surface area contributed by atoms with Gasteiger partial charge in [-0.05, 0) is 6.92 Å². The van der Waals surface area contributed by atoms with Crippen molar-refractivity contribution in [2.24, 2.45) is 0 Å². The summed E-state index contributed by atoms with van der Waals surface area (Å²) in [5, 5.41) is 17.4. The van der Waals surface area contributed by atoms with Gasteiger partial charge in [-0.1, -0.05) is 0 Å². The molecule has 1 aliphatic rings. The van der Waals surface area contributed by atoms with E-state index in [1.165, 1.54) is 6.92 Å². The van der Waals surface area contributed by atoms with E-state index < -0.39 is 23.3 Å². The van der Waals surface area contributed by atoms with Crippen LogP contribution < -0.4 is 0 Å². The number of hydrogen-bond acceptors (Lipinski definition) is 4. The summed E-state index contributed by atoms with van der Waals surface area (Å²) in [6, 6.07) is 0. The molecule has 0 radical (unpaired) electrons. The van der Waals surface area contributed by atoms with Gasteiger partial charge in [-0.25, -0.2) is 4.79 Å². The molecule has 0 atom stereocenters. The molecule has 1 heterocycles. The van der Waals surface area contributed by atoms with Crippen LogP contribution in [0.2, 0.25) is 0 Å². The minimum Gasteiger partial charge on any atom is -0.475 e. The number of amides is 1. The van der Waals surface area contributed by atoms with Crippen molar-refractivity contribution in [1.29, 1.82) is 0 Å². The molecule has 0 saturated carbocycles. The Kier molecular flexibility index (Phi) is 2.09. The van der Waals surface area contributed by atoms with Crippen molar-refractivity contribution in [2.45, 2.75) is 12.5 Å². The molecule has 0 unspecified atom stereocenters. The molecule has 0 aromatic rings. The number of ketones is 1. The molecule has 0 aromatic carbocycles. The number of β-amino-alcohol motifs (C(OH)–C–C–N with tert-alkyl or cyclic N) is 1. The smallest absolute Gasteiger partial charge is 0.382 e. The molecule has 0 spiro atoms. The number of nitrogens with zero attached hydrogens (tertiary/aromatic N) is 1.